The summed E-state index contributed by atoms with van der Waals surface area (Å²) in [5.41, 5.74) is 1.18. The Morgan fingerprint density at radius 2 is 2.20 bits per heavy atom. The van der Waals surface area contributed by atoms with E-state index in [0.717, 1.165) is 63.1 Å². The van der Waals surface area contributed by atoms with Gasteiger partial charge in [0.05, 0.1) is 12.6 Å². The molecule has 1 aromatic heterocycles. The molecule has 0 spiro atoms. The molecule has 1 aromatic carbocycles. The minimum atomic E-state index is 0. The van der Waals surface area contributed by atoms with Crippen LogP contribution in [0.3, 0.4) is 0 Å². The summed E-state index contributed by atoms with van der Waals surface area (Å²) in [4.78, 5) is 4.76. The summed E-state index contributed by atoms with van der Waals surface area (Å²) >= 11 is 0. The number of nitrogens with zero attached hydrogens (tertiary/aromatic N) is 4. The third-order valence-electron chi connectivity index (χ3n) is 4.85. The van der Waals surface area contributed by atoms with Crippen LogP contribution in [0.1, 0.15) is 44.1 Å². The SMILES string of the molecule is CCOCCCN=C(NCCn1cnnc1CC)NC1CCOc2ccccc21.I. The van der Waals surface area contributed by atoms with E-state index < -0.39 is 0 Å². The maximum atomic E-state index is 5.78. The first-order valence-corrected chi connectivity index (χ1v) is 10.5. The van der Waals surface area contributed by atoms with Gasteiger partial charge in [-0.15, -0.1) is 34.2 Å². The molecule has 0 saturated carbocycles. The molecule has 1 aliphatic heterocycles. The van der Waals surface area contributed by atoms with Gasteiger partial charge in [-0.2, -0.15) is 0 Å². The number of rotatable bonds is 10. The van der Waals surface area contributed by atoms with Crippen molar-refractivity contribution in [2.24, 2.45) is 4.99 Å². The Bertz CT molecular complexity index is 782. The number of ether oxygens (including phenoxy) is 2. The van der Waals surface area contributed by atoms with E-state index in [2.05, 4.69) is 38.4 Å². The van der Waals surface area contributed by atoms with Gasteiger partial charge in [-0.3, -0.25) is 4.99 Å². The lowest BCUT2D eigenvalue weighted by Crippen LogP contribution is -2.42. The van der Waals surface area contributed by atoms with E-state index in [1.54, 1.807) is 6.33 Å². The Morgan fingerprint density at radius 3 is 3.03 bits per heavy atom. The Balaban J connectivity index is 0.00000320. The topological polar surface area (TPSA) is 85.6 Å². The molecule has 0 amide bonds. The van der Waals surface area contributed by atoms with E-state index in [9.17, 15) is 0 Å². The highest BCUT2D eigenvalue weighted by Gasteiger charge is 2.21. The third-order valence-corrected chi connectivity index (χ3v) is 4.85. The number of aliphatic imine (C=N–C) groups is 1. The quantitative estimate of drug-likeness (QED) is 0.214. The van der Waals surface area contributed by atoms with Gasteiger partial charge in [0.15, 0.2) is 5.96 Å². The zero-order valence-electron chi connectivity index (χ0n) is 17.8. The van der Waals surface area contributed by atoms with Crippen molar-refractivity contribution in [1.29, 1.82) is 0 Å². The van der Waals surface area contributed by atoms with E-state index in [0.29, 0.717) is 13.2 Å². The Morgan fingerprint density at radius 1 is 1.33 bits per heavy atom. The van der Waals surface area contributed by atoms with Gasteiger partial charge < -0.3 is 24.7 Å². The highest BCUT2D eigenvalue weighted by atomic mass is 127. The summed E-state index contributed by atoms with van der Waals surface area (Å²) < 4.78 is 13.3. The molecule has 2 heterocycles. The fourth-order valence-electron chi connectivity index (χ4n) is 3.35. The number of nitrogens with one attached hydrogen (secondary N) is 2. The van der Waals surface area contributed by atoms with Gasteiger partial charge in [0, 0.05) is 51.3 Å². The van der Waals surface area contributed by atoms with Gasteiger partial charge in [-0.1, -0.05) is 25.1 Å². The molecule has 8 nitrogen and oxygen atoms in total. The number of aryl methyl sites for hydroxylation is 1. The molecule has 166 valence electrons. The fourth-order valence-corrected chi connectivity index (χ4v) is 3.35. The first-order valence-electron chi connectivity index (χ1n) is 10.5. The van der Waals surface area contributed by atoms with Crippen LogP contribution in [-0.4, -0.2) is 53.6 Å². The summed E-state index contributed by atoms with van der Waals surface area (Å²) in [6.45, 7) is 8.52. The standard InChI is InChI=1S/C21H32N6O2.HI/c1-3-20-26-24-16-27(20)13-12-23-21(22-11-7-14-28-4-2)25-18-10-15-29-19-9-6-5-8-17(18)19;/h5-6,8-9,16,18H,3-4,7,10-15H2,1-2H3,(H2,22,23,25);1H. The van der Waals surface area contributed by atoms with Crippen molar-refractivity contribution in [1.82, 2.24) is 25.4 Å². The summed E-state index contributed by atoms with van der Waals surface area (Å²) in [6, 6.07) is 8.37. The number of guanidine groups is 1. The second-order valence-electron chi connectivity index (χ2n) is 6.87. The molecule has 0 radical (unpaired) electrons. The van der Waals surface area contributed by atoms with Crippen LogP contribution in [0.15, 0.2) is 35.6 Å². The highest BCUT2D eigenvalue weighted by molar-refractivity contribution is 14.0. The van der Waals surface area contributed by atoms with Gasteiger partial charge in [0.1, 0.15) is 17.9 Å². The van der Waals surface area contributed by atoms with Crippen LogP contribution in [-0.2, 0) is 17.7 Å². The van der Waals surface area contributed by atoms with E-state index >= 15 is 0 Å². The number of benzene rings is 1. The average Bonchev–Trinajstić information content (AvgIpc) is 3.21. The molecule has 1 atom stereocenters. The second-order valence-corrected chi connectivity index (χ2v) is 6.87. The van der Waals surface area contributed by atoms with Crippen LogP contribution in [0, 0.1) is 0 Å². The molecule has 9 heteroatoms. The number of hydrogen-bond donors (Lipinski definition) is 2. The largest absolute Gasteiger partial charge is 0.493 e. The van der Waals surface area contributed by atoms with Gasteiger partial charge in [-0.25, -0.2) is 0 Å². The molecule has 3 rings (SSSR count). The highest BCUT2D eigenvalue weighted by Crippen LogP contribution is 2.31. The molecule has 0 saturated heterocycles. The first-order chi connectivity index (χ1) is 14.3. The average molecular weight is 528 g/mol. The smallest absolute Gasteiger partial charge is 0.191 e. The van der Waals surface area contributed by atoms with Crippen molar-refractivity contribution in [2.75, 3.05) is 32.9 Å². The van der Waals surface area contributed by atoms with E-state index in [4.69, 9.17) is 14.5 Å². The van der Waals surface area contributed by atoms with Crippen LogP contribution in [0.2, 0.25) is 0 Å². The number of para-hydroxylation sites is 1. The number of fused-ring (bicyclic) bond motifs is 1. The third kappa shape index (κ3) is 7.12. The van der Waals surface area contributed by atoms with Crippen LogP contribution in [0.4, 0.5) is 0 Å². The van der Waals surface area contributed by atoms with Gasteiger partial charge >= 0.3 is 0 Å². The summed E-state index contributed by atoms with van der Waals surface area (Å²) in [6.07, 6.45) is 4.45. The van der Waals surface area contributed by atoms with Crippen molar-refractivity contribution in [2.45, 2.75) is 45.7 Å². The van der Waals surface area contributed by atoms with Crippen molar-refractivity contribution in [3.8, 4) is 5.75 Å². The maximum absolute atomic E-state index is 5.78. The molecule has 2 N–H and O–H groups in total. The molecular formula is C21H33IN6O2. The number of hydrogen-bond acceptors (Lipinski definition) is 5. The molecule has 1 aliphatic rings. The Labute approximate surface area is 195 Å². The first kappa shape index (κ1) is 24.4. The zero-order valence-corrected chi connectivity index (χ0v) is 20.2. The normalized spacial score (nSPS) is 15.7. The second kappa shape index (κ2) is 13.4. The minimum Gasteiger partial charge on any atom is -0.493 e. The predicted molar refractivity (Wildman–Crippen MR) is 129 cm³/mol. The van der Waals surface area contributed by atoms with E-state index in [1.165, 1.54) is 5.56 Å². The van der Waals surface area contributed by atoms with Gasteiger partial charge in [0.2, 0.25) is 0 Å². The molecule has 1 unspecified atom stereocenters. The van der Waals surface area contributed by atoms with Crippen molar-refractivity contribution in [3.05, 3.63) is 42.0 Å². The molecule has 0 aliphatic carbocycles. The molecule has 0 fully saturated rings. The summed E-state index contributed by atoms with van der Waals surface area (Å²) in [5, 5.41) is 15.2. The molecule has 0 bridgehead atoms. The fraction of sp³-hybridized carbons (Fsp3) is 0.571. The molecular weight excluding hydrogens is 495 g/mol. The Hall–Kier alpha value is -1.88. The van der Waals surface area contributed by atoms with E-state index in [-0.39, 0.29) is 30.0 Å². The zero-order chi connectivity index (χ0) is 20.3. The van der Waals surface area contributed by atoms with E-state index in [1.807, 2.05) is 25.1 Å². The van der Waals surface area contributed by atoms with Crippen molar-refractivity contribution in [3.63, 3.8) is 0 Å². The van der Waals surface area contributed by atoms with Crippen LogP contribution in [0.5, 0.6) is 5.75 Å². The maximum Gasteiger partial charge on any atom is 0.191 e. The molecule has 2 aromatic rings. The summed E-state index contributed by atoms with van der Waals surface area (Å²) in [5.74, 6) is 2.76. The lowest BCUT2D eigenvalue weighted by atomic mass is 10.0. The lowest BCUT2D eigenvalue weighted by Gasteiger charge is -2.28. The Kier molecular flexibility index (Phi) is 10.9. The predicted octanol–water partition coefficient (Wildman–Crippen LogP) is 2.94. The minimum absolute atomic E-state index is 0. The monoisotopic (exact) mass is 528 g/mol. The van der Waals surface area contributed by atoms with Crippen LogP contribution in [0.25, 0.3) is 0 Å². The van der Waals surface area contributed by atoms with Crippen LogP contribution >= 0.6 is 24.0 Å². The van der Waals surface area contributed by atoms with Crippen molar-refractivity contribution >= 4 is 29.9 Å². The number of halogens is 1. The van der Waals surface area contributed by atoms with Gasteiger partial charge in [-0.05, 0) is 19.4 Å². The van der Waals surface area contributed by atoms with Gasteiger partial charge in [0.25, 0.3) is 0 Å². The van der Waals surface area contributed by atoms with Crippen molar-refractivity contribution < 1.29 is 9.47 Å². The van der Waals surface area contributed by atoms with Crippen LogP contribution < -0.4 is 15.4 Å². The lowest BCUT2D eigenvalue weighted by molar-refractivity contribution is 0.146. The number of aromatic nitrogens is 3. The summed E-state index contributed by atoms with van der Waals surface area (Å²) in [7, 11) is 0. The molecule has 30 heavy (non-hydrogen) atoms.